The van der Waals surface area contributed by atoms with E-state index in [0.717, 1.165) is 23.8 Å². The number of hydrogen-bond acceptors (Lipinski definition) is 4. The van der Waals surface area contributed by atoms with Crippen molar-refractivity contribution in [3.8, 4) is 0 Å². The second-order valence-electron chi connectivity index (χ2n) is 5.37. The summed E-state index contributed by atoms with van der Waals surface area (Å²) in [5, 5.41) is 9.92. The summed E-state index contributed by atoms with van der Waals surface area (Å²) >= 11 is 1.42. The molecular formula is C16H19N3O2S. The predicted octanol–water partition coefficient (Wildman–Crippen LogP) is 1.59. The minimum Gasteiger partial charge on any atom is -0.390 e. The second-order valence-corrected chi connectivity index (χ2v) is 6.31. The number of hydrogen-bond donors (Lipinski definition) is 1. The molecule has 2 heterocycles. The van der Waals surface area contributed by atoms with E-state index in [2.05, 4.69) is 17.1 Å². The topological polar surface area (TPSA) is 58.4 Å². The number of amides is 1. The lowest BCUT2D eigenvalue weighted by atomic mass is 10.00. The van der Waals surface area contributed by atoms with Gasteiger partial charge in [0.05, 0.1) is 24.3 Å². The van der Waals surface area contributed by atoms with Gasteiger partial charge in [-0.15, -0.1) is 0 Å². The molecule has 0 atom stereocenters. The Morgan fingerprint density at radius 3 is 2.86 bits per heavy atom. The van der Waals surface area contributed by atoms with Crippen molar-refractivity contribution in [2.75, 3.05) is 12.3 Å². The minimum absolute atomic E-state index is 0.0408. The molecule has 3 rings (SSSR count). The molecule has 0 unspecified atom stereocenters. The van der Waals surface area contributed by atoms with Crippen LogP contribution in [0.1, 0.15) is 16.8 Å². The summed E-state index contributed by atoms with van der Waals surface area (Å²) < 4.78 is 1.82. The van der Waals surface area contributed by atoms with Crippen molar-refractivity contribution >= 4 is 17.7 Å². The average Bonchev–Trinajstić information content (AvgIpc) is 2.92. The van der Waals surface area contributed by atoms with Gasteiger partial charge in [0, 0.05) is 20.1 Å². The van der Waals surface area contributed by atoms with E-state index < -0.39 is 0 Å². The molecule has 1 aliphatic heterocycles. The Morgan fingerprint density at radius 1 is 1.36 bits per heavy atom. The summed E-state index contributed by atoms with van der Waals surface area (Å²) in [7, 11) is 1.85. The number of nitrogens with zero attached hydrogens (tertiary/aromatic N) is 3. The summed E-state index contributed by atoms with van der Waals surface area (Å²) in [4.78, 5) is 18.5. The van der Waals surface area contributed by atoms with Crippen molar-refractivity contribution in [3.05, 3.63) is 47.3 Å². The van der Waals surface area contributed by atoms with Crippen LogP contribution in [-0.2, 0) is 31.4 Å². The van der Waals surface area contributed by atoms with Crippen LogP contribution >= 0.6 is 11.8 Å². The third-order valence-electron chi connectivity index (χ3n) is 4.01. The second kappa shape index (κ2) is 6.54. The standard InChI is InChI=1S/C16H19N3O2S/c1-18-14(10-20)8-17-16(18)22-11-15(21)19-7-6-12-4-2-3-5-13(12)9-19/h2-5,8,20H,6-7,9-11H2,1H3. The molecule has 1 amide bonds. The number of rotatable bonds is 4. The SMILES string of the molecule is Cn1c(CO)cnc1SCC(=O)N1CCc2ccccc2C1. The molecule has 0 radical (unpaired) electrons. The number of carbonyl (C=O) groups is 1. The summed E-state index contributed by atoms with van der Waals surface area (Å²) in [6, 6.07) is 8.29. The zero-order valence-electron chi connectivity index (χ0n) is 12.5. The maximum Gasteiger partial charge on any atom is 0.233 e. The maximum atomic E-state index is 12.4. The summed E-state index contributed by atoms with van der Waals surface area (Å²) in [6.45, 7) is 1.43. The zero-order valence-corrected chi connectivity index (χ0v) is 13.3. The first-order valence-corrected chi connectivity index (χ1v) is 8.26. The van der Waals surface area contributed by atoms with Crippen molar-refractivity contribution in [1.29, 1.82) is 0 Å². The summed E-state index contributed by atoms with van der Waals surface area (Å²) in [6.07, 6.45) is 2.56. The van der Waals surface area contributed by atoms with Gasteiger partial charge in [0.15, 0.2) is 5.16 Å². The fourth-order valence-corrected chi connectivity index (χ4v) is 3.51. The molecule has 0 spiro atoms. The van der Waals surface area contributed by atoms with Crippen LogP contribution in [0.4, 0.5) is 0 Å². The number of aliphatic hydroxyl groups excluding tert-OH is 1. The molecule has 1 aliphatic rings. The molecule has 1 aromatic carbocycles. The third-order valence-corrected chi connectivity index (χ3v) is 5.04. The molecule has 1 N–H and O–H groups in total. The molecule has 2 aromatic rings. The van der Waals surface area contributed by atoms with E-state index in [4.69, 9.17) is 5.11 Å². The quantitative estimate of drug-likeness (QED) is 0.870. The van der Waals surface area contributed by atoms with Gasteiger partial charge in [-0.25, -0.2) is 4.98 Å². The number of imidazole rings is 1. The number of aromatic nitrogens is 2. The highest BCUT2D eigenvalue weighted by molar-refractivity contribution is 7.99. The predicted molar refractivity (Wildman–Crippen MR) is 85.4 cm³/mol. The van der Waals surface area contributed by atoms with Crippen LogP contribution < -0.4 is 0 Å². The Hall–Kier alpha value is -1.79. The number of thioether (sulfide) groups is 1. The van der Waals surface area contributed by atoms with E-state index in [1.807, 2.05) is 28.6 Å². The van der Waals surface area contributed by atoms with E-state index in [-0.39, 0.29) is 12.5 Å². The molecule has 1 aromatic heterocycles. The highest BCUT2D eigenvalue weighted by Crippen LogP contribution is 2.21. The van der Waals surface area contributed by atoms with E-state index in [9.17, 15) is 4.79 Å². The Labute approximate surface area is 134 Å². The van der Waals surface area contributed by atoms with Gasteiger partial charge in [0.25, 0.3) is 0 Å². The van der Waals surface area contributed by atoms with Crippen molar-refractivity contribution in [3.63, 3.8) is 0 Å². The molecule has 0 saturated carbocycles. The molecule has 0 bridgehead atoms. The number of benzene rings is 1. The lowest BCUT2D eigenvalue weighted by Crippen LogP contribution is -2.37. The smallest absolute Gasteiger partial charge is 0.233 e. The highest BCUT2D eigenvalue weighted by Gasteiger charge is 2.20. The largest absolute Gasteiger partial charge is 0.390 e. The van der Waals surface area contributed by atoms with Crippen LogP contribution in [-0.4, -0.2) is 37.8 Å². The lowest BCUT2D eigenvalue weighted by molar-refractivity contribution is -0.129. The third kappa shape index (κ3) is 3.03. The van der Waals surface area contributed by atoms with E-state index in [1.165, 1.54) is 22.9 Å². The Balaban J connectivity index is 1.60. The van der Waals surface area contributed by atoms with Gasteiger partial charge in [-0.3, -0.25) is 4.79 Å². The first-order valence-electron chi connectivity index (χ1n) is 7.28. The highest BCUT2D eigenvalue weighted by atomic mass is 32.2. The zero-order chi connectivity index (χ0) is 15.5. The molecule has 5 nitrogen and oxygen atoms in total. The van der Waals surface area contributed by atoms with Crippen molar-refractivity contribution in [1.82, 2.24) is 14.5 Å². The Kier molecular flexibility index (Phi) is 4.49. The van der Waals surface area contributed by atoms with E-state index >= 15 is 0 Å². The number of fused-ring (bicyclic) bond motifs is 1. The van der Waals surface area contributed by atoms with Crippen molar-refractivity contribution in [2.24, 2.45) is 7.05 Å². The molecular weight excluding hydrogens is 298 g/mol. The van der Waals surface area contributed by atoms with E-state index in [0.29, 0.717) is 12.3 Å². The number of aliphatic hydroxyl groups is 1. The normalized spacial score (nSPS) is 14.0. The number of carbonyl (C=O) groups excluding carboxylic acids is 1. The van der Waals surface area contributed by atoms with Crippen LogP contribution in [0.15, 0.2) is 35.6 Å². The van der Waals surface area contributed by atoms with Crippen LogP contribution in [0.5, 0.6) is 0 Å². The van der Waals surface area contributed by atoms with Crippen LogP contribution in [0.3, 0.4) is 0 Å². The first-order chi connectivity index (χ1) is 10.7. The fourth-order valence-electron chi connectivity index (χ4n) is 2.63. The van der Waals surface area contributed by atoms with Gasteiger partial charge in [-0.2, -0.15) is 0 Å². The monoisotopic (exact) mass is 317 g/mol. The fraction of sp³-hybridized carbons (Fsp3) is 0.375. The molecule has 22 heavy (non-hydrogen) atoms. The van der Waals surface area contributed by atoms with E-state index in [1.54, 1.807) is 6.20 Å². The maximum absolute atomic E-state index is 12.4. The average molecular weight is 317 g/mol. The summed E-state index contributed by atoms with van der Waals surface area (Å²) in [5.41, 5.74) is 3.34. The van der Waals surface area contributed by atoms with Crippen LogP contribution in [0.2, 0.25) is 0 Å². The van der Waals surface area contributed by atoms with Crippen LogP contribution in [0.25, 0.3) is 0 Å². The molecule has 0 saturated heterocycles. The van der Waals surface area contributed by atoms with Gasteiger partial charge in [-0.05, 0) is 17.5 Å². The summed E-state index contributed by atoms with van der Waals surface area (Å²) in [5.74, 6) is 0.505. The Bertz CT molecular complexity index is 684. The van der Waals surface area contributed by atoms with Gasteiger partial charge in [0.2, 0.25) is 5.91 Å². The molecule has 116 valence electrons. The van der Waals surface area contributed by atoms with Crippen molar-refractivity contribution < 1.29 is 9.90 Å². The molecule has 0 aliphatic carbocycles. The van der Waals surface area contributed by atoms with Gasteiger partial charge in [-0.1, -0.05) is 36.0 Å². The molecule has 6 heteroatoms. The minimum atomic E-state index is -0.0408. The first kappa shape index (κ1) is 15.1. The van der Waals surface area contributed by atoms with Gasteiger partial charge >= 0.3 is 0 Å². The Morgan fingerprint density at radius 2 is 2.14 bits per heavy atom. The van der Waals surface area contributed by atoms with Gasteiger partial charge in [0.1, 0.15) is 0 Å². The van der Waals surface area contributed by atoms with Gasteiger partial charge < -0.3 is 14.6 Å². The van der Waals surface area contributed by atoms with Crippen molar-refractivity contribution in [2.45, 2.75) is 24.7 Å². The lowest BCUT2D eigenvalue weighted by Gasteiger charge is -2.28. The van der Waals surface area contributed by atoms with Crippen LogP contribution in [0, 0.1) is 0 Å². The molecule has 0 fully saturated rings.